The predicted molar refractivity (Wildman–Crippen MR) is 81.2 cm³/mol. The molecule has 0 radical (unpaired) electrons. The monoisotopic (exact) mass is 289 g/mol. The third-order valence-corrected chi connectivity index (χ3v) is 4.67. The van der Waals surface area contributed by atoms with Crippen LogP contribution < -0.4 is 4.72 Å². The maximum absolute atomic E-state index is 12.1. The number of hydrogen-bond donors (Lipinski definition) is 1. The van der Waals surface area contributed by atoms with Crippen LogP contribution in [0.2, 0.25) is 0 Å². The van der Waals surface area contributed by atoms with Crippen LogP contribution in [0.1, 0.15) is 18.1 Å². The van der Waals surface area contributed by atoms with Crippen LogP contribution in [0.4, 0.5) is 0 Å². The Labute approximate surface area is 120 Å². The van der Waals surface area contributed by atoms with Crippen molar-refractivity contribution in [3.05, 3.63) is 65.7 Å². The second-order valence-electron chi connectivity index (χ2n) is 4.63. The summed E-state index contributed by atoms with van der Waals surface area (Å²) in [5.74, 6) is 0. The van der Waals surface area contributed by atoms with E-state index in [-0.39, 0.29) is 0 Å². The molecule has 0 bridgehead atoms. The van der Waals surface area contributed by atoms with E-state index in [0.29, 0.717) is 17.9 Å². The Morgan fingerprint density at radius 3 is 2.15 bits per heavy atom. The Kier molecular flexibility index (Phi) is 4.93. The fourth-order valence-corrected chi connectivity index (χ4v) is 2.99. The van der Waals surface area contributed by atoms with Gasteiger partial charge in [0.15, 0.2) is 0 Å². The summed E-state index contributed by atoms with van der Waals surface area (Å²) in [4.78, 5) is 0.322. The van der Waals surface area contributed by atoms with Crippen LogP contribution in [0.3, 0.4) is 0 Å². The second-order valence-corrected chi connectivity index (χ2v) is 6.40. The molecule has 20 heavy (non-hydrogen) atoms. The molecule has 2 aromatic carbocycles. The van der Waals surface area contributed by atoms with Crippen molar-refractivity contribution in [2.75, 3.05) is 6.54 Å². The molecule has 0 fully saturated rings. The molecule has 0 amide bonds. The van der Waals surface area contributed by atoms with Gasteiger partial charge in [0.1, 0.15) is 0 Å². The number of sulfonamides is 1. The molecule has 0 spiro atoms. The Morgan fingerprint density at radius 2 is 1.55 bits per heavy atom. The molecular weight excluding hydrogens is 270 g/mol. The number of hydrogen-bond acceptors (Lipinski definition) is 2. The molecule has 0 atom stereocenters. The molecule has 0 aliphatic heterocycles. The molecule has 2 aromatic rings. The highest BCUT2D eigenvalue weighted by atomic mass is 32.2. The van der Waals surface area contributed by atoms with Gasteiger partial charge in [0.25, 0.3) is 0 Å². The van der Waals surface area contributed by atoms with Gasteiger partial charge < -0.3 is 0 Å². The van der Waals surface area contributed by atoms with Crippen LogP contribution in [-0.2, 0) is 22.9 Å². The molecule has 0 saturated heterocycles. The van der Waals surface area contributed by atoms with E-state index in [4.69, 9.17) is 0 Å². The first-order valence-electron chi connectivity index (χ1n) is 6.74. The Balaban J connectivity index is 1.96. The van der Waals surface area contributed by atoms with Crippen LogP contribution in [0.25, 0.3) is 0 Å². The van der Waals surface area contributed by atoms with Gasteiger partial charge in [0.2, 0.25) is 10.0 Å². The summed E-state index contributed by atoms with van der Waals surface area (Å²) in [6.07, 6.45) is 1.59. The Hall–Kier alpha value is -1.65. The summed E-state index contributed by atoms with van der Waals surface area (Å²) < 4.78 is 26.9. The zero-order valence-corrected chi connectivity index (χ0v) is 12.4. The van der Waals surface area contributed by atoms with Crippen LogP contribution in [0.15, 0.2) is 59.5 Å². The molecule has 3 nitrogen and oxygen atoms in total. The third-order valence-electron chi connectivity index (χ3n) is 3.19. The summed E-state index contributed by atoms with van der Waals surface area (Å²) in [5, 5.41) is 0. The first-order valence-corrected chi connectivity index (χ1v) is 8.22. The van der Waals surface area contributed by atoms with E-state index < -0.39 is 10.0 Å². The van der Waals surface area contributed by atoms with Crippen LogP contribution in [-0.4, -0.2) is 15.0 Å². The maximum Gasteiger partial charge on any atom is 0.240 e. The summed E-state index contributed by atoms with van der Waals surface area (Å²) in [6.45, 7) is 2.45. The van der Waals surface area contributed by atoms with Gasteiger partial charge in [-0.1, -0.05) is 49.4 Å². The first kappa shape index (κ1) is 14.8. The topological polar surface area (TPSA) is 46.2 Å². The molecular formula is C16H19NO2S. The standard InChI is InChI=1S/C16H19NO2S/c1-2-14-8-10-16(11-9-14)20(18,19)17-13-12-15-6-4-3-5-7-15/h3-11,17H,2,12-13H2,1H3. The second kappa shape index (κ2) is 6.68. The lowest BCUT2D eigenvalue weighted by Crippen LogP contribution is -2.26. The number of aryl methyl sites for hydroxylation is 1. The van der Waals surface area contributed by atoms with E-state index in [1.165, 1.54) is 0 Å². The average Bonchev–Trinajstić information content (AvgIpc) is 2.48. The van der Waals surface area contributed by atoms with E-state index in [1.54, 1.807) is 12.1 Å². The minimum Gasteiger partial charge on any atom is -0.211 e. The Bertz CT molecular complexity index is 634. The van der Waals surface area contributed by atoms with Crippen molar-refractivity contribution in [1.82, 2.24) is 4.72 Å². The summed E-state index contributed by atoms with van der Waals surface area (Å²) in [5.41, 5.74) is 2.25. The lowest BCUT2D eigenvalue weighted by atomic mass is 10.2. The van der Waals surface area contributed by atoms with Gasteiger partial charge in [-0.25, -0.2) is 13.1 Å². The molecule has 1 N–H and O–H groups in total. The average molecular weight is 289 g/mol. The maximum atomic E-state index is 12.1. The van der Waals surface area contributed by atoms with Crippen molar-refractivity contribution < 1.29 is 8.42 Å². The summed E-state index contributed by atoms with van der Waals surface area (Å²) in [7, 11) is -3.41. The van der Waals surface area contributed by atoms with Crippen LogP contribution in [0.5, 0.6) is 0 Å². The normalized spacial score (nSPS) is 11.4. The van der Waals surface area contributed by atoms with Gasteiger partial charge in [0, 0.05) is 6.54 Å². The van der Waals surface area contributed by atoms with E-state index in [0.717, 1.165) is 17.5 Å². The lowest BCUT2D eigenvalue weighted by Gasteiger charge is -2.07. The first-order chi connectivity index (χ1) is 9.62. The fraction of sp³-hybridized carbons (Fsp3) is 0.250. The third kappa shape index (κ3) is 3.92. The highest BCUT2D eigenvalue weighted by molar-refractivity contribution is 7.89. The lowest BCUT2D eigenvalue weighted by molar-refractivity contribution is 0.581. The molecule has 2 rings (SSSR count). The van der Waals surface area contributed by atoms with Crippen molar-refractivity contribution in [3.63, 3.8) is 0 Å². The molecule has 106 valence electrons. The molecule has 0 heterocycles. The molecule has 0 saturated carbocycles. The van der Waals surface area contributed by atoms with E-state index in [2.05, 4.69) is 4.72 Å². The molecule has 0 unspecified atom stereocenters. The zero-order chi connectivity index (χ0) is 14.4. The van der Waals surface area contributed by atoms with Gasteiger partial charge in [-0.05, 0) is 36.1 Å². The van der Waals surface area contributed by atoms with Crippen molar-refractivity contribution in [1.29, 1.82) is 0 Å². The number of rotatable bonds is 6. The molecule has 0 aliphatic carbocycles. The zero-order valence-electron chi connectivity index (χ0n) is 11.5. The molecule has 0 aromatic heterocycles. The van der Waals surface area contributed by atoms with Crippen LogP contribution >= 0.6 is 0 Å². The minimum atomic E-state index is -3.41. The highest BCUT2D eigenvalue weighted by Gasteiger charge is 2.12. The van der Waals surface area contributed by atoms with Gasteiger partial charge >= 0.3 is 0 Å². The van der Waals surface area contributed by atoms with E-state index >= 15 is 0 Å². The Morgan fingerprint density at radius 1 is 0.900 bits per heavy atom. The van der Waals surface area contributed by atoms with E-state index in [1.807, 2.05) is 49.4 Å². The quantitative estimate of drug-likeness (QED) is 0.889. The minimum absolute atomic E-state index is 0.322. The molecule has 0 aliphatic rings. The number of benzene rings is 2. The summed E-state index contributed by atoms with van der Waals surface area (Å²) in [6, 6.07) is 16.9. The van der Waals surface area contributed by atoms with Gasteiger partial charge in [-0.15, -0.1) is 0 Å². The molecule has 4 heteroatoms. The largest absolute Gasteiger partial charge is 0.240 e. The van der Waals surface area contributed by atoms with Gasteiger partial charge in [-0.3, -0.25) is 0 Å². The fourth-order valence-electron chi connectivity index (χ4n) is 1.96. The van der Waals surface area contributed by atoms with Gasteiger partial charge in [0.05, 0.1) is 4.90 Å². The van der Waals surface area contributed by atoms with E-state index in [9.17, 15) is 8.42 Å². The summed E-state index contributed by atoms with van der Waals surface area (Å²) >= 11 is 0. The van der Waals surface area contributed by atoms with Crippen LogP contribution in [0, 0.1) is 0 Å². The number of nitrogens with one attached hydrogen (secondary N) is 1. The van der Waals surface area contributed by atoms with Crippen molar-refractivity contribution in [2.24, 2.45) is 0 Å². The SMILES string of the molecule is CCc1ccc(S(=O)(=O)NCCc2ccccc2)cc1. The smallest absolute Gasteiger partial charge is 0.211 e. The van der Waals surface area contributed by atoms with Crippen molar-refractivity contribution in [2.45, 2.75) is 24.7 Å². The van der Waals surface area contributed by atoms with Crippen molar-refractivity contribution >= 4 is 10.0 Å². The van der Waals surface area contributed by atoms with Gasteiger partial charge in [-0.2, -0.15) is 0 Å². The predicted octanol–water partition coefficient (Wildman–Crippen LogP) is 2.77. The highest BCUT2D eigenvalue weighted by Crippen LogP contribution is 2.11. The van der Waals surface area contributed by atoms with Crippen molar-refractivity contribution in [3.8, 4) is 0 Å².